The molecule has 0 heterocycles. The minimum absolute atomic E-state index is 0.00183. The SMILES string of the molecule is COc1ccc(Br)cc1/C=C(\C#N)C(=O)Nc1ccc(C)cc1. The van der Waals surface area contributed by atoms with Gasteiger partial charge in [-0.25, -0.2) is 0 Å². The summed E-state index contributed by atoms with van der Waals surface area (Å²) in [4.78, 5) is 12.3. The van der Waals surface area contributed by atoms with E-state index in [1.54, 1.807) is 31.4 Å². The Balaban J connectivity index is 2.28. The summed E-state index contributed by atoms with van der Waals surface area (Å²) in [5.41, 5.74) is 2.39. The van der Waals surface area contributed by atoms with Crippen molar-refractivity contribution in [2.75, 3.05) is 12.4 Å². The van der Waals surface area contributed by atoms with Crippen molar-refractivity contribution in [3.63, 3.8) is 0 Å². The average Bonchev–Trinajstić information content (AvgIpc) is 2.54. The lowest BCUT2D eigenvalue weighted by Gasteiger charge is -2.07. The quantitative estimate of drug-likeness (QED) is 0.644. The number of amides is 1. The monoisotopic (exact) mass is 370 g/mol. The van der Waals surface area contributed by atoms with Gasteiger partial charge in [0.05, 0.1) is 7.11 Å². The van der Waals surface area contributed by atoms with Crippen LogP contribution in [0.15, 0.2) is 52.5 Å². The second kappa shape index (κ2) is 7.61. The van der Waals surface area contributed by atoms with E-state index in [0.717, 1.165) is 10.0 Å². The molecular formula is C18H15BrN2O2. The van der Waals surface area contributed by atoms with Crippen molar-refractivity contribution < 1.29 is 9.53 Å². The second-order valence-corrected chi connectivity index (χ2v) is 5.79. The van der Waals surface area contributed by atoms with E-state index >= 15 is 0 Å². The standard InChI is InChI=1S/C18H15BrN2O2/c1-12-3-6-16(7-4-12)21-18(22)14(11-20)9-13-10-15(19)5-8-17(13)23-2/h3-10H,1-2H3,(H,21,22)/b14-9+. The number of halogens is 1. The van der Waals surface area contributed by atoms with Crippen LogP contribution in [0.5, 0.6) is 5.75 Å². The van der Waals surface area contributed by atoms with Gasteiger partial charge in [0, 0.05) is 15.7 Å². The molecule has 2 rings (SSSR count). The predicted molar refractivity (Wildman–Crippen MR) is 94.1 cm³/mol. The number of nitrogens with one attached hydrogen (secondary N) is 1. The smallest absolute Gasteiger partial charge is 0.266 e. The molecule has 116 valence electrons. The highest BCUT2D eigenvalue weighted by Gasteiger charge is 2.11. The third kappa shape index (κ3) is 4.44. The lowest BCUT2D eigenvalue weighted by Crippen LogP contribution is -2.13. The molecule has 23 heavy (non-hydrogen) atoms. The highest BCUT2D eigenvalue weighted by molar-refractivity contribution is 9.10. The molecular weight excluding hydrogens is 356 g/mol. The van der Waals surface area contributed by atoms with Gasteiger partial charge in [0.25, 0.3) is 5.91 Å². The summed E-state index contributed by atoms with van der Waals surface area (Å²) in [7, 11) is 1.54. The first-order valence-electron chi connectivity index (χ1n) is 6.87. The Morgan fingerprint density at radius 1 is 1.26 bits per heavy atom. The summed E-state index contributed by atoms with van der Waals surface area (Å²) in [5.74, 6) is 0.127. The molecule has 1 N–H and O–H groups in total. The number of hydrogen-bond acceptors (Lipinski definition) is 3. The van der Waals surface area contributed by atoms with Crippen molar-refractivity contribution in [2.45, 2.75) is 6.92 Å². The van der Waals surface area contributed by atoms with Gasteiger partial charge in [-0.15, -0.1) is 0 Å². The zero-order valence-electron chi connectivity index (χ0n) is 12.8. The summed E-state index contributed by atoms with van der Waals surface area (Å²) >= 11 is 3.37. The molecule has 0 atom stereocenters. The maximum absolute atomic E-state index is 12.3. The van der Waals surface area contributed by atoms with Gasteiger partial charge in [0.1, 0.15) is 17.4 Å². The number of methoxy groups -OCH3 is 1. The first-order chi connectivity index (χ1) is 11.0. The van der Waals surface area contributed by atoms with Crippen LogP contribution in [0.25, 0.3) is 6.08 Å². The lowest BCUT2D eigenvalue weighted by molar-refractivity contribution is -0.112. The van der Waals surface area contributed by atoms with Gasteiger partial charge in [-0.2, -0.15) is 5.26 Å². The fraction of sp³-hybridized carbons (Fsp3) is 0.111. The molecule has 1 amide bonds. The topological polar surface area (TPSA) is 62.1 Å². The Kier molecular flexibility index (Phi) is 5.56. The van der Waals surface area contributed by atoms with Gasteiger partial charge in [-0.1, -0.05) is 33.6 Å². The number of nitriles is 1. The van der Waals surface area contributed by atoms with Crippen LogP contribution in [0, 0.1) is 18.3 Å². The number of benzene rings is 2. The molecule has 2 aromatic carbocycles. The second-order valence-electron chi connectivity index (χ2n) is 4.88. The fourth-order valence-electron chi connectivity index (χ4n) is 1.96. The normalized spacial score (nSPS) is 10.8. The van der Waals surface area contributed by atoms with Crippen LogP contribution in [-0.4, -0.2) is 13.0 Å². The Morgan fingerprint density at radius 3 is 2.57 bits per heavy atom. The summed E-state index contributed by atoms with van der Waals surface area (Å²) < 4.78 is 6.08. The Morgan fingerprint density at radius 2 is 1.96 bits per heavy atom. The van der Waals surface area contributed by atoms with Crippen LogP contribution in [0.2, 0.25) is 0 Å². The van der Waals surface area contributed by atoms with Gasteiger partial charge in [0.15, 0.2) is 0 Å². The third-order valence-corrected chi connectivity index (χ3v) is 3.66. The molecule has 0 unspecified atom stereocenters. The van der Waals surface area contributed by atoms with Crippen LogP contribution >= 0.6 is 15.9 Å². The number of hydrogen-bond donors (Lipinski definition) is 1. The number of anilines is 1. The Hall–Kier alpha value is -2.58. The average molecular weight is 371 g/mol. The van der Waals surface area contributed by atoms with Crippen molar-refractivity contribution >= 4 is 33.6 Å². The van der Waals surface area contributed by atoms with Crippen LogP contribution in [0.3, 0.4) is 0 Å². The van der Waals surface area contributed by atoms with Gasteiger partial charge < -0.3 is 10.1 Å². The highest BCUT2D eigenvalue weighted by atomic mass is 79.9. The molecule has 4 nitrogen and oxygen atoms in total. The van der Waals surface area contributed by atoms with E-state index in [0.29, 0.717) is 17.0 Å². The molecule has 0 aliphatic heterocycles. The van der Waals surface area contributed by atoms with Crippen LogP contribution < -0.4 is 10.1 Å². The van der Waals surface area contributed by atoms with Crippen molar-refractivity contribution in [3.05, 3.63) is 63.6 Å². The van der Waals surface area contributed by atoms with Crippen LogP contribution in [0.4, 0.5) is 5.69 Å². The largest absolute Gasteiger partial charge is 0.496 e. The van der Waals surface area contributed by atoms with Crippen LogP contribution in [0.1, 0.15) is 11.1 Å². The molecule has 0 fully saturated rings. The van der Waals surface area contributed by atoms with Gasteiger partial charge in [-0.3, -0.25) is 4.79 Å². The van der Waals surface area contributed by atoms with Crippen molar-refractivity contribution in [1.29, 1.82) is 5.26 Å². The Bertz CT molecular complexity index is 790. The number of carbonyl (C=O) groups is 1. The minimum atomic E-state index is -0.460. The minimum Gasteiger partial charge on any atom is -0.496 e. The molecule has 0 saturated heterocycles. The van der Waals surface area contributed by atoms with E-state index in [4.69, 9.17) is 4.74 Å². The van der Waals surface area contributed by atoms with E-state index in [2.05, 4.69) is 21.2 Å². The number of aryl methyl sites for hydroxylation is 1. The molecule has 0 aliphatic rings. The first kappa shape index (κ1) is 16.8. The predicted octanol–water partition coefficient (Wildman–Crippen LogP) is 4.31. The summed E-state index contributed by atoms with van der Waals surface area (Å²) in [6.45, 7) is 1.96. The maximum Gasteiger partial charge on any atom is 0.266 e. The zero-order valence-corrected chi connectivity index (χ0v) is 14.3. The maximum atomic E-state index is 12.3. The first-order valence-corrected chi connectivity index (χ1v) is 7.66. The highest BCUT2D eigenvalue weighted by Crippen LogP contribution is 2.25. The van der Waals surface area contributed by atoms with E-state index in [1.807, 2.05) is 31.2 Å². The third-order valence-electron chi connectivity index (χ3n) is 3.17. The number of nitrogens with zero attached hydrogens (tertiary/aromatic N) is 1. The van der Waals surface area contributed by atoms with E-state index < -0.39 is 5.91 Å². The fourth-order valence-corrected chi connectivity index (χ4v) is 2.34. The van der Waals surface area contributed by atoms with Crippen molar-refractivity contribution in [1.82, 2.24) is 0 Å². The van der Waals surface area contributed by atoms with Gasteiger partial charge in [0.2, 0.25) is 0 Å². The molecule has 5 heteroatoms. The molecule has 0 aliphatic carbocycles. The summed E-state index contributed by atoms with van der Waals surface area (Å²) in [5, 5.41) is 12.0. The molecule has 0 aromatic heterocycles. The molecule has 2 aromatic rings. The Labute approximate surface area is 143 Å². The van der Waals surface area contributed by atoms with Gasteiger partial charge in [-0.05, 0) is 43.3 Å². The van der Waals surface area contributed by atoms with Gasteiger partial charge >= 0.3 is 0 Å². The number of ether oxygens (including phenoxy) is 1. The molecule has 0 radical (unpaired) electrons. The van der Waals surface area contributed by atoms with Crippen molar-refractivity contribution in [3.8, 4) is 11.8 Å². The lowest BCUT2D eigenvalue weighted by atomic mass is 10.1. The molecule has 0 spiro atoms. The van der Waals surface area contributed by atoms with E-state index in [-0.39, 0.29) is 5.57 Å². The molecule has 0 bridgehead atoms. The van der Waals surface area contributed by atoms with Crippen LogP contribution in [-0.2, 0) is 4.79 Å². The number of carbonyl (C=O) groups excluding carboxylic acids is 1. The summed E-state index contributed by atoms with van der Waals surface area (Å²) in [6.07, 6.45) is 1.51. The molecule has 0 saturated carbocycles. The summed E-state index contributed by atoms with van der Waals surface area (Å²) in [6, 6.07) is 14.7. The van der Waals surface area contributed by atoms with E-state index in [9.17, 15) is 10.1 Å². The van der Waals surface area contributed by atoms with E-state index in [1.165, 1.54) is 6.08 Å². The zero-order chi connectivity index (χ0) is 16.8. The van der Waals surface area contributed by atoms with Crippen molar-refractivity contribution in [2.24, 2.45) is 0 Å². The number of rotatable bonds is 4.